The smallest absolute Gasteiger partial charge is 0.302 e. The SMILES string of the molecule is CC(=O)OCCCCN1C(=O)SC(C(=O)c2ccc(C)o2)C1=O. The molecule has 124 valence electrons. The number of thioether (sulfide) groups is 1. The van der Waals surface area contributed by atoms with Crippen LogP contribution in [0.3, 0.4) is 0 Å². The van der Waals surface area contributed by atoms with Crippen LogP contribution in [0, 0.1) is 6.92 Å². The zero-order valence-corrected chi connectivity index (χ0v) is 13.7. The van der Waals surface area contributed by atoms with Crippen LogP contribution in [0.2, 0.25) is 0 Å². The monoisotopic (exact) mass is 339 g/mol. The van der Waals surface area contributed by atoms with Crippen molar-refractivity contribution in [1.29, 1.82) is 0 Å². The van der Waals surface area contributed by atoms with Gasteiger partial charge >= 0.3 is 5.97 Å². The molecule has 0 bridgehead atoms. The van der Waals surface area contributed by atoms with Crippen LogP contribution < -0.4 is 0 Å². The van der Waals surface area contributed by atoms with Gasteiger partial charge < -0.3 is 9.15 Å². The van der Waals surface area contributed by atoms with E-state index in [-0.39, 0.29) is 24.9 Å². The summed E-state index contributed by atoms with van der Waals surface area (Å²) in [5, 5.41) is -1.52. The highest BCUT2D eigenvalue weighted by atomic mass is 32.2. The van der Waals surface area contributed by atoms with Crippen molar-refractivity contribution in [3.63, 3.8) is 0 Å². The number of unbranched alkanes of at least 4 members (excludes halogenated alkanes) is 1. The largest absolute Gasteiger partial charge is 0.466 e. The molecule has 1 unspecified atom stereocenters. The maximum Gasteiger partial charge on any atom is 0.302 e. The molecule has 0 N–H and O–H groups in total. The zero-order valence-electron chi connectivity index (χ0n) is 12.9. The summed E-state index contributed by atoms with van der Waals surface area (Å²) in [6, 6.07) is 3.13. The van der Waals surface area contributed by atoms with E-state index < -0.39 is 22.2 Å². The Bertz CT molecular complexity index is 638. The number of Topliss-reactive ketones (excluding diaryl/α,β-unsaturated/α-hetero) is 1. The Labute approximate surface area is 137 Å². The van der Waals surface area contributed by atoms with Gasteiger partial charge in [0, 0.05) is 13.5 Å². The molecule has 2 rings (SSSR count). The van der Waals surface area contributed by atoms with Gasteiger partial charge in [-0.3, -0.25) is 24.1 Å². The molecule has 1 aromatic rings. The zero-order chi connectivity index (χ0) is 17.0. The molecular weight excluding hydrogens is 322 g/mol. The lowest BCUT2D eigenvalue weighted by Gasteiger charge is -2.13. The molecule has 8 heteroatoms. The van der Waals surface area contributed by atoms with E-state index in [2.05, 4.69) is 0 Å². The molecule has 23 heavy (non-hydrogen) atoms. The van der Waals surface area contributed by atoms with E-state index in [1.165, 1.54) is 13.0 Å². The second-order valence-corrected chi connectivity index (χ2v) is 6.13. The molecule has 1 aliphatic heterocycles. The first-order valence-corrected chi connectivity index (χ1v) is 8.04. The maximum atomic E-state index is 12.2. The molecule has 1 aromatic heterocycles. The number of aryl methyl sites for hydroxylation is 1. The van der Waals surface area contributed by atoms with Gasteiger partial charge in [0.25, 0.3) is 11.1 Å². The maximum absolute atomic E-state index is 12.2. The number of amides is 2. The van der Waals surface area contributed by atoms with E-state index in [1.807, 2.05) is 0 Å². The fourth-order valence-corrected chi connectivity index (χ4v) is 3.06. The van der Waals surface area contributed by atoms with Crippen molar-refractivity contribution in [3.8, 4) is 0 Å². The fourth-order valence-electron chi connectivity index (χ4n) is 2.10. The average Bonchev–Trinajstić information content (AvgIpc) is 3.03. The number of carbonyl (C=O) groups is 4. The summed E-state index contributed by atoms with van der Waals surface area (Å²) in [6.45, 7) is 3.46. The first kappa shape index (κ1) is 17.3. The molecule has 1 saturated heterocycles. The summed E-state index contributed by atoms with van der Waals surface area (Å²) >= 11 is 0.705. The third kappa shape index (κ3) is 4.22. The Morgan fingerprint density at radius 2 is 2.04 bits per heavy atom. The quantitative estimate of drug-likeness (QED) is 0.325. The van der Waals surface area contributed by atoms with Gasteiger partial charge in [0.15, 0.2) is 11.0 Å². The first-order chi connectivity index (χ1) is 10.9. The van der Waals surface area contributed by atoms with Gasteiger partial charge in [0.1, 0.15) is 5.76 Å². The number of ketones is 1. The molecule has 7 nitrogen and oxygen atoms in total. The summed E-state index contributed by atoms with van der Waals surface area (Å²) in [6.07, 6.45) is 1.05. The van der Waals surface area contributed by atoms with Gasteiger partial charge in [0.2, 0.25) is 5.78 Å². The Kier molecular flexibility index (Phi) is 5.59. The Balaban J connectivity index is 1.89. The number of hydrogen-bond donors (Lipinski definition) is 0. The van der Waals surface area contributed by atoms with Crippen LogP contribution >= 0.6 is 11.8 Å². The van der Waals surface area contributed by atoms with Crippen molar-refractivity contribution in [2.45, 2.75) is 31.9 Å². The molecular formula is C15H17NO6S. The van der Waals surface area contributed by atoms with Gasteiger partial charge in [-0.2, -0.15) is 0 Å². The number of nitrogens with zero attached hydrogens (tertiary/aromatic N) is 1. The molecule has 1 atom stereocenters. The molecule has 0 aromatic carbocycles. The highest BCUT2D eigenvalue weighted by molar-refractivity contribution is 8.16. The molecule has 0 spiro atoms. The third-order valence-corrected chi connectivity index (χ3v) is 4.31. The fraction of sp³-hybridized carbons (Fsp3) is 0.467. The molecule has 0 radical (unpaired) electrons. The molecule has 2 heterocycles. The number of carbonyl (C=O) groups excluding carboxylic acids is 4. The molecule has 1 aliphatic rings. The van der Waals surface area contributed by atoms with E-state index in [4.69, 9.17) is 9.15 Å². The van der Waals surface area contributed by atoms with E-state index in [1.54, 1.807) is 13.0 Å². The summed E-state index contributed by atoms with van der Waals surface area (Å²) in [5.74, 6) is -0.737. The predicted octanol–water partition coefficient (Wildman–Crippen LogP) is 2.18. The topological polar surface area (TPSA) is 93.9 Å². The number of esters is 1. The first-order valence-electron chi connectivity index (χ1n) is 7.16. The van der Waals surface area contributed by atoms with Crippen LogP contribution in [0.4, 0.5) is 4.79 Å². The van der Waals surface area contributed by atoms with Crippen LogP contribution in [-0.4, -0.2) is 46.2 Å². The van der Waals surface area contributed by atoms with E-state index in [0.717, 1.165) is 4.90 Å². The van der Waals surface area contributed by atoms with Crippen LogP contribution in [0.5, 0.6) is 0 Å². The lowest BCUT2D eigenvalue weighted by atomic mass is 10.2. The molecule has 0 saturated carbocycles. The van der Waals surface area contributed by atoms with E-state index in [0.29, 0.717) is 30.4 Å². The summed E-state index contributed by atoms with van der Waals surface area (Å²) < 4.78 is 10.00. The standard InChI is InChI=1S/C15H17NO6S/c1-9-5-6-11(22-9)12(18)13-14(19)16(15(20)23-13)7-3-4-8-21-10(2)17/h5-6,13H,3-4,7-8H2,1-2H3. The Morgan fingerprint density at radius 3 is 2.65 bits per heavy atom. The lowest BCUT2D eigenvalue weighted by Crippen LogP contribution is -2.35. The second kappa shape index (κ2) is 7.45. The van der Waals surface area contributed by atoms with Crippen LogP contribution in [0.1, 0.15) is 36.1 Å². The number of furan rings is 1. The number of rotatable bonds is 7. The van der Waals surface area contributed by atoms with Crippen molar-refractivity contribution in [2.75, 3.05) is 13.2 Å². The minimum absolute atomic E-state index is 0.0814. The average molecular weight is 339 g/mol. The van der Waals surface area contributed by atoms with E-state index >= 15 is 0 Å². The predicted molar refractivity (Wildman–Crippen MR) is 82.1 cm³/mol. The van der Waals surface area contributed by atoms with Gasteiger partial charge in [-0.15, -0.1) is 0 Å². The Morgan fingerprint density at radius 1 is 1.30 bits per heavy atom. The number of hydrogen-bond acceptors (Lipinski definition) is 7. The van der Waals surface area contributed by atoms with Crippen LogP contribution in [0.25, 0.3) is 0 Å². The highest BCUT2D eigenvalue weighted by Crippen LogP contribution is 2.30. The molecule has 2 amide bonds. The van der Waals surface area contributed by atoms with Crippen molar-refractivity contribution in [1.82, 2.24) is 4.90 Å². The van der Waals surface area contributed by atoms with Crippen molar-refractivity contribution in [2.24, 2.45) is 0 Å². The van der Waals surface area contributed by atoms with Gasteiger partial charge in [-0.25, -0.2) is 0 Å². The van der Waals surface area contributed by atoms with Gasteiger partial charge in [-0.1, -0.05) is 0 Å². The van der Waals surface area contributed by atoms with Crippen molar-refractivity contribution in [3.05, 3.63) is 23.7 Å². The Hall–Kier alpha value is -2.09. The minimum atomic E-state index is -1.08. The third-order valence-electron chi connectivity index (χ3n) is 3.23. The normalized spacial score (nSPS) is 17.7. The van der Waals surface area contributed by atoms with Crippen molar-refractivity contribution >= 4 is 34.7 Å². The lowest BCUT2D eigenvalue weighted by molar-refractivity contribution is -0.141. The summed E-state index contributed by atoms with van der Waals surface area (Å²) in [4.78, 5) is 48.1. The van der Waals surface area contributed by atoms with Crippen LogP contribution in [0.15, 0.2) is 16.5 Å². The highest BCUT2D eigenvalue weighted by Gasteiger charge is 2.44. The molecule has 1 fully saturated rings. The summed E-state index contributed by atoms with van der Waals surface area (Å²) in [5.41, 5.74) is 0. The number of imide groups is 1. The second-order valence-electron chi connectivity index (χ2n) is 5.08. The van der Waals surface area contributed by atoms with Crippen LogP contribution in [-0.2, 0) is 14.3 Å². The van der Waals surface area contributed by atoms with E-state index in [9.17, 15) is 19.2 Å². The summed E-state index contributed by atoms with van der Waals surface area (Å²) in [7, 11) is 0. The van der Waals surface area contributed by atoms with Gasteiger partial charge in [0.05, 0.1) is 6.61 Å². The minimum Gasteiger partial charge on any atom is -0.466 e. The number of ether oxygens (including phenoxy) is 1. The van der Waals surface area contributed by atoms with Crippen molar-refractivity contribution < 1.29 is 28.3 Å². The van der Waals surface area contributed by atoms with Gasteiger partial charge in [-0.05, 0) is 43.7 Å². The molecule has 0 aliphatic carbocycles.